The molecule has 150 valence electrons. The first-order valence-corrected chi connectivity index (χ1v) is 9.73. The van der Waals surface area contributed by atoms with Crippen molar-refractivity contribution in [2.24, 2.45) is 5.73 Å². The molecule has 8 nitrogen and oxygen atoms in total. The molecule has 1 aromatic heterocycles. The molecule has 0 saturated carbocycles. The molecule has 2 saturated heterocycles. The summed E-state index contributed by atoms with van der Waals surface area (Å²) in [4.78, 5) is 28.8. The summed E-state index contributed by atoms with van der Waals surface area (Å²) in [5, 5.41) is 3.87. The van der Waals surface area contributed by atoms with Gasteiger partial charge in [-0.25, -0.2) is 4.79 Å². The quantitative estimate of drug-likeness (QED) is 0.815. The number of hydrogen-bond donors (Lipinski definition) is 2. The molecule has 2 aliphatic rings. The molecule has 3 N–H and O–H groups in total. The van der Waals surface area contributed by atoms with Gasteiger partial charge >= 0.3 is 6.03 Å². The zero-order chi connectivity index (χ0) is 19.8. The first kappa shape index (κ1) is 19.0. The van der Waals surface area contributed by atoms with Gasteiger partial charge in [0.2, 0.25) is 5.76 Å². The number of likely N-dealkylation sites (tertiary alicyclic amines) is 1. The Hall–Kier alpha value is -2.29. The molecule has 9 heteroatoms. The zero-order valence-electron chi connectivity index (χ0n) is 15.6. The molecule has 0 unspecified atom stereocenters. The molecule has 1 aromatic carbocycles. The molecular formula is C19H23ClN4O4. The number of morpholine rings is 1. The van der Waals surface area contributed by atoms with Crippen LogP contribution in [0.15, 0.2) is 22.6 Å². The Morgan fingerprint density at radius 3 is 2.89 bits per heavy atom. The van der Waals surface area contributed by atoms with Gasteiger partial charge in [0.05, 0.1) is 13.2 Å². The van der Waals surface area contributed by atoms with Crippen molar-refractivity contribution in [3.05, 3.63) is 29.0 Å². The van der Waals surface area contributed by atoms with Crippen LogP contribution in [0.1, 0.15) is 23.9 Å². The van der Waals surface area contributed by atoms with E-state index >= 15 is 0 Å². The summed E-state index contributed by atoms with van der Waals surface area (Å²) < 4.78 is 11.0. The van der Waals surface area contributed by atoms with Crippen molar-refractivity contribution in [3.63, 3.8) is 0 Å². The standard InChI is InChI=1S/C19H23ClN4O4/c1-11-10-27-7-6-24(11)13-4-5-23(9-13)19(26)22-16-14-3-2-12(20)8-15(14)28-17(16)18(21)25/h2-3,8,11,13H,4-7,9-10H2,1H3,(H2,21,25)(H,22,26)/t11-,13+/m0/s1. The predicted octanol–water partition coefficient (Wildman–Crippen LogP) is 2.51. The highest BCUT2D eigenvalue weighted by atomic mass is 35.5. The fraction of sp³-hybridized carbons (Fsp3) is 0.474. The molecule has 3 heterocycles. The maximum Gasteiger partial charge on any atom is 0.322 e. The largest absolute Gasteiger partial charge is 0.449 e. The number of nitrogens with one attached hydrogen (secondary N) is 1. The molecule has 2 aromatic rings. The summed E-state index contributed by atoms with van der Waals surface area (Å²) in [6.07, 6.45) is 0.905. The first-order valence-electron chi connectivity index (χ1n) is 9.35. The smallest absolute Gasteiger partial charge is 0.322 e. The van der Waals surface area contributed by atoms with Gasteiger partial charge in [0.25, 0.3) is 5.91 Å². The fourth-order valence-electron chi connectivity index (χ4n) is 4.03. The third kappa shape index (κ3) is 3.55. The summed E-state index contributed by atoms with van der Waals surface area (Å²) in [7, 11) is 0. The predicted molar refractivity (Wildman–Crippen MR) is 106 cm³/mol. The number of benzene rings is 1. The van der Waals surface area contributed by atoms with Crippen LogP contribution in [0.2, 0.25) is 5.02 Å². The van der Waals surface area contributed by atoms with E-state index in [9.17, 15) is 9.59 Å². The molecule has 0 aliphatic carbocycles. The number of carbonyl (C=O) groups excluding carboxylic acids is 2. The van der Waals surface area contributed by atoms with E-state index in [4.69, 9.17) is 26.5 Å². The number of halogens is 1. The van der Waals surface area contributed by atoms with Crippen molar-refractivity contribution in [2.45, 2.75) is 25.4 Å². The van der Waals surface area contributed by atoms with Crippen molar-refractivity contribution < 1.29 is 18.7 Å². The minimum Gasteiger partial charge on any atom is -0.449 e. The van der Waals surface area contributed by atoms with Crippen LogP contribution >= 0.6 is 11.6 Å². The lowest BCUT2D eigenvalue weighted by Gasteiger charge is -2.37. The summed E-state index contributed by atoms with van der Waals surface area (Å²) >= 11 is 5.99. The Morgan fingerprint density at radius 1 is 1.32 bits per heavy atom. The highest BCUT2D eigenvalue weighted by Crippen LogP contribution is 2.33. The Morgan fingerprint density at radius 2 is 2.14 bits per heavy atom. The average molecular weight is 407 g/mol. The van der Waals surface area contributed by atoms with Crippen LogP contribution in [0.4, 0.5) is 10.5 Å². The van der Waals surface area contributed by atoms with Crippen molar-refractivity contribution in [3.8, 4) is 0 Å². The Labute approximate surface area is 167 Å². The second-order valence-corrected chi connectivity index (χ2v) is 7.73. The molecule has 28 heavy (non-hydrogen) atoms. The number of nitrogens with two attached hydrogens (primary N) is 1. The topological polar surface area (TPSA) is 101 Å². The molecule has 0 spiro atoms. The SMILES string of the molecule is C[C@H]1COCCN1[C@@H]1CCN(C(=O)Nc2c(C(N)=O)oc3cc(Cl)ccc23)C1. The number of anilines is 1. The second-order valence-electron chi connectivity index (χ2n) is 7.29. The van der Waals surface area contributed by atoms with Gasteiger partial charge in [0.15, 0.2) is 0 Å². The lowest BCUT2D eigenvalue weighted by atomic mass is 10.1. The van der Waals surface area contributed by atoms with Crippen molar-refractivity contribution in [1.29, 1.82) is 0 Å². The monoisotopic (exact) mass is 406 g/mol. The van der Waals surface area contributed by atoms with Gasteiger partial charge < -0.3 is 25.1 Å². The van der Waals surface area contributed by atoms with Gasteiger partial charge in [0, 0.05) is 48.2 Å². The molecule has 0 radical (unpaired) electrons. The number of amides is 3. The second kappa shape index (κ2) is 7.62. The van der Waals surface area contributed by atoms with E-state index in [1.165, 1.54) is 0 Å². The van der Waals surface area contributed by atoms with Crippen LogP contribution in [0.25, 0.3) is 11.0 Å². The first-order chi connectivity index (χ1) is 13.4. The van der Waals surface area contributed by atoms with Crippen LogP contribution in [0.3, 0.4) is 0 Å². The molecule has 2 fully saturated rings. The molecule has 3 amide bonds. The van der Waals surface area contributed by atoms with E-state index in [1.54, 1.807) is 23.1 Å². The molecule has 0 bridgehead atoms. The normalized spacial score (nSPS) is 23.3. The summed E-state index contributed by atoms with van der Waals surface area (Å²) in [6, 6.07) is 5.33. The number of rotatable bonds is 3. The third-order valence-electron chi connectivity index (χ3n) is 5.45. The van der Waals surface area contributed by atoms with E-state index in [-0.39, 0.29) is 17.5 Å². The highest BCUT2D eigenvalue weighted by molar-refractivity contribution is 6.31. The van der Waals surface area contributed by atoms with Gasteiger partial charge in [-0.3, -0.25) is 9.69 Å². The number of primary amides is 1. The summed E-state index contributed by atoms with van der Waals surface area (Å²) in [5.74, 6) is -0.827. The summed E-state index contributed by atoms with van der Waals surface area (Å²) in [6.45, 7) is 5.73. The van der Waals surface area contributed by atoms with E-state index in [0.717, 1.165) is 19.6 Å². The minimum atomic E-state index is -0.746. The third-order valence-corrected chi connectivity index (χ3v) is 5.68. The van der Waals surface area contributed by atoms with Gasteiger partial charge in [-0.2, -0.15) is 0 Å². The Balaban J connectivity index is 1.51. The van der Waals surface area contributed by atoms with Gasteiger partial charge in [-0.1, -0.05) is 11.6 Å². The Kier molecular flexibility index (Phi) is 5.18. The number of furan rings is 1. The van der Waals surface area contributed by atoms with Crippen molar-refractivity contribution in [1.82, 2.24) is 9.80 Å². The fourth-order valence-corrected chi connectivity index (χ4v) is 4.20. The molecular weight excluding hydrogens is 384 g/mol. The number of nitrogens with zero attached hydrogens (tertiary/aromatic N) is 2. The zero-order valence-corrected chi connectivity index (χ0v) is 16.4. The number of urea groups is 1. The van der Waals surface area contributed by atoms with Crippen molar-refractivity contribution in [2.75, 3.05) is 38.2 Å². The van der Waals surface area contributed by atoms with E-state index in [2.05, 4.69) is 17.1 Å². The van der Waals surface area contributed by atoms with Crippen molar-refractivity contribution >= 4 is 40.2 Å². The maximum absolute atomic E-state index is 12.9. The number of ether oxygens (including phenoxy) is 1. The molecule has 2 atom stereocenters. The van der Waals surface area contributed by atoms with E-state index in [0.29, 0.717) is 47.8 Å². The van der Waals surface area contributed by atoms with Crippen LogP contribution in [-0.4, -0.2) is 66.7 Å². The van der Waals surface area contributed by atoms with E-state index < -0.39 is 5.91 Å². The van der Waals surface area contributed by atoms with Crippen LogP contribution in [0.5, 0.6) is 0 Å². The number of carbonyl (C=O) groups is 2. The van der Waals surface area contributed by atoms with Crippen LogP contribution in [0, 0.1) is 0 Å². The van der Waals surface area contributed by atoms with Crippen LogP contribution in [-0.2, 0) is 4.74 Å². The summed E-state index contributed by atoms with van der Waals surface area (Å²) in [5.41, 5.74) is 6.12. The van der Waals surface area contributed by atoms with E-state index in [1.807, 2.05) is 0 Å². The van der Waals surface area contributed by atoms with Crippen LogP contribution < -0.4 is 11.1 Å². The molecule has 2 aliphatic heterocycles. The number of fused-ring (bicyclic) bond motifs is 1. The van der Waals surface area contributed by atoms with Gasteiger partial charge in [-0.05, 0) is 25.5 Å². The van der Waals surface area contributed by atoms with Gasteiger partial charge in [0.1, 0.15) is 11.3 Å². The minimum absolute atomic E-state index is 0.0804. The lowest BCUT2D eigenvalue weighted by molar-refractivity contribution is -0.0192. The number of hydrogen-bond acceptors (Lipinski definition) is 5. The Bertz CT molecular complexity index is 915. The van der Waals surface area contributed by atoms with Gasteiger partial charge in [-0.15, -0.1) is 0 Å². The average Bonchev–Trinajstić information content (AvgIpc) is 3.27. The lowest BCUT2D eigenvalue weighted by Crippen LogP contribution is -2.50. The molecule has 4 rings (SSSR count). The highest BCUT2D eigenvalue weighted by Gasteiger charge is 2.34. The maximum atomic E-state index is 12.9.